The summed E-state index contributed by atoms with van der Waals surface area (Å²) in [6, 6.07) is 8.18. The molecular formula is C16H14F4N2O. The Bertz CT molecular complexity index is 713. The standard InChI is InChI=1S/C16H14F4N2O/c1-10-7-13(5-6-14(10)17)22-15(23)21-9-11-3-2-4-12(8-11)16(18,19)20/h2-8H,9H2,1H3,(H2,21,22,23). The molecule has 0 spiro atoms. The van der Waals surface area contributed by atoms with Crippen LogP contribution in [0.4, 0.5) is 28.0 Å². The van der Waals surface area contributed by atoms with Crippen molar-refractivity contribution in [2.75, 3.05) is 5.32 Å². The fraction of sp³-hybridized carbons (Fsp3) is 0.188. The van der Waals surface area contributed by atoms with E-state index in [1.54, 1.807) is 6.92 Å². The molecule has 0 aliphatic carbocycles. The molecule has 0 bridgehead atoms. The number of urea groups is 1. The lowest BCUT2D eigenvalue weighted by Gasteiger charge is -2.11. The SMILES string of the molecule is Cc1cc(NC(=O)NCc2cccc(C(F)(F)F)c2)ccc1F. The largest absolute Gasteiger partial charge is 0.416 e. The molecule has 0 aromatic heterocycles. The number of hydrogen-bond acceptors (Lipinski definition) is 1. The van der Waals surface area contributed by atoms with Crippen molar-refractivity contribution in [2.45, 2.75) is 19.6 Å². The predicted octanol–water partition coefficient (Wildman–Crippen LogP) is 4.47. The maximum Gasteiger partial charge on any atom is 0.416 e. The van der Waals surface area contributed by atoms with Crippen molar-refractivity contribution in [1.82, 2.24) is 5.32 Å². The fourth-order valence-electron chi connectivity index (χ4n) is 1.94. The van der Waals surface area contributed by atoms with Crippen LogP contribution in [0.25, 0.3) is 0 Å². The molecule has 0 unspecified atom stereocenters. The van der Waals surface area contributed by atoms with E-state index in [1.807, 2.05) is 0 Å². The van der Waals surface area contributed by atoms with Crippen molar-refractivity contribution in [3.63, 3.8) is 0 Å². The van der Waals surface area contributed by atoms with Gasteiger partial charge in [0.15, 0.2) is 0 Å². The second-order valence-electron chi connectivity index (χ2n) is 4.97. The van der Waals surface area contributed by atoms with Crippen molar-refractivity contribution >= 4 is 11.7 Å². The third-order valence-corrected chi connectivity index (χ3v) is 3.12. The van der Waals surface area contributed by atoms with E-state index in [0.717, 1.165) is 12.1 Å². The summed E-state index contributed by atoms with van der Waals surface area (Å²) in [6.45, 7) is 1.50. The van der Waals surface area contributed by atoms with Crippen molar-refractivity contribution in [3.8, 4) is 0 Å². The number of nitrogens with one attached hydrogen (secondary N) is 2. The van der Waals surface area contributed by atoms with E-state index in [9.17, 15) is 22.4 Å². The Hall–Kier alpha value is -2.57. The van der Waals surface area contributed by atoms with Crippen LogP contribution in [0.1, 0.15) is 16.7 Å². The summed E-state index contributed by atoms with van der Waals surface area (Å²) >= 11 is 0. The first-order valence-electron chi connectivity index (χ1n) is 6.73. The van der Waals surface area contributed by atoms with Crippen LogP contribution in [-0.4, -0.2) is 6.03 Å². The molecule has 0 aliphatic heterocycles. The quantitative estimate of drug-likeness (QED) is 0.803. The van der Waals surface area contributed by atoms with Gasteiger partial charge in [-0.15, -0.1) is 0 Å². The van der Waals surface area contributed by atoms with Gasteiger partial charge in [0.05, 0.1) is 5.56 Å². The number of amides is 2. The molecular weight excluding hydrogens is 312 g/mol. The Labute approximate surface area is 130 Å². The van der Waals surface area contributed by atoms with Gasteiger partial charge in [-0.25, -0.2) is 9.18 Å². The van der Waals surface area contributed by atoms with Gasteiger partial charge in [-0.05, 0) is 48.4 Å². The number of carbonyl (C=O) groups is 1. The average molecular weight is 326 g/mol. The van der Waals surface area contributed by atoms with Gasteiger partial charge in [0.2, 0.25) is 0 Å². The van der Waals surface area contributed by atoms with Crippen LogP contribution in [0.3, 0.4) is 0 Å². The lowest BCUT2D eigenvalue weighted by atomic mass is 10.1. The Balaban J connectivity index is 1.95. The van der Waals surface area contributed by atoms with E-state index < -0.39 is 17.8 Å². The number of benzene rings is 2. The molecule has 2 N–H and O–H groups in total. The summed E-state index contributed by atoms with van der Waals surface area (Å²) in [5.41, 5.74) is 0.322. The second kappa shape index (κ2) is 6.68. The van der Waals surface area contributed by atoms with E-state index in [4.69, 9.17) is 0 Å². The first-order valence-corrected chi connectivity index (χ1v) is 6.73. The summed E-state index contributed by atoms with van der Waals surface area (Å²) in [7, 11) is 0. The van der Waals surface area contributed by atoms with Gasteiger partial charge in [-0.3, -0.25) is 0 Å². The minimum Gasteiger partial charge on any atom is -0.334 e. The van der Waals surface area contributed by atoms with Gasteiger partial charge in [-0.2, -0.15) is 13.2 Å². The Morgan fingerprint density at radius 3 is 2.52 bits per heavy atom. The predicted molar refractivity (Wildman–Crippen MR) is 78.4 cm³/mol. The van der Waals surface area contributed by atoms with Crippen LogP contribution in [0.2, 0.25) is 0 Å². The van der Waals surface area contributed by atoms with Crippen LogP contribution in [0.5, 0.6) is 0 Å². The van der Waals surface area contributed by atoms with Crippen LogP contribution >= 0.6 is 0 Å². The summed E-state index contributed by atoms with van der Waals surface area (Å²) in [4.78, 5) is 11.7. The molecule has 7 heteroatoms. The lowest BCUT2D eigenvalue weighted by Crippen LogP contribution is -2.28. The smallest absolute Gasteiger partial charge is 0.334 e. The number of rotatable bonds is 3. The van der Waals surface area contributed by atoms with Crippen molar-refractivity contribution in [3.05, 3.63) is 65.0 Å². The van der Waals surface area contributed by atoms with Crippen LogP contribution in [-0.2, 0) is 12.7 Å². The van der Waals surface area contributed by atoms with Gasteiger partial charge < -0.3 is 10.6 Å². The molecule has 2 aromatic rings. The normalized spacial score (nSPS) is 11.2. The molecule has 0 fully saturated rings. The van der Waals surface area contributed by atoms with E-state index in [0.29, 0.717) is 16.8 Å². The second-order valence-corrected chi connectivity index (χ2v) is 4.97. The van der Waals surface area contributed by atoms with Crippen LogP contribution in [0.15, 0.2) is 42.5 Å². The van der Waals surface area contributed by atoms with Gasteiger partial charge >= 0.3 is 12.2 Å². The molecule has 23 heavy (non-hydrogen) atoms. The molecule has 2 amide bonds. The summed E-state index contributed by atoms with van der Waals surface area (Å²) < 4.78 is 50.9. The highest BCUT2D eigenvalue weighted by Crippen LogP contribution is 2.29. The highest BCUT2D eigenvalue weighted by Gasteiger charge is 2.30. The van der Waals surface area contributed by atoms with Crippen molar-refractivity contribution in [1.29, 1.82) is 0 Å². The Kier molecular flexibility index (Phi) is 4.88. The number of alkyl halides is 3. The fourth-order valence-corrected chi connectivity index (χ4v) is 1.94. The molecule has 0 saturated heterocycles. The highest BCUT2D eigenvalue weighted by atomic mass is 19.4. The Morgan fingerprint density at radius 2 is 1.87 bits per heavy atom. The number of carbonyl (C=O) groups excluding carboxylic acids is 1. The Morgan fingerprint density at radius 1 is 1.13 bits per heavy atom. The zero-order valence-corrected chi connectivity index (χ0v) is 12.2. The zero-order chi connectivity index (χ0) is 17.0. The number of halogens is 4. The molecule has 0 saturated carbocycles. The van der Waals surface area contributed by atoms with Gasteiger partial charge in [0.25, 0.3) is 0 Å². The van der Waals surface area contributed by atoms with E-state index >= 15 is 0 Å². The van der Waals surface area contributed by atoms with Gasteiger partial charge in [-0.1, -0.05) is 12.1 Å². The van der Waals surface area contributed by atoms with Crippen LogP contribution < -0.4 is 10.6 Å². The number of anilines is 1. The third kappa shape index (κ3) is 4.70. The molecule has 2 rings (SSSR count). The van der Waals surface area contributed by atoms with Gasteiger partial charge in [0.1, 0.15) is 5.82 Å². The lowest BCUT2D eigenvalue weighted by molar-refractivity contribution is -0.137. The molecule has 3 nitrogen and oxygen atoms in total. The number of aryl methyl sites for hydroxylation is 1. The maximum absolute atomic E-state index is 13.1. The minimum absolute atomic E-state index is 0.0596. The first-order chi connectivity index (χ1) is 10.8. The summed E-state index contributed by atoms with van der Waals surface area (Å²) in [6.07, 6.45) is -4.43. The molecule has 2 aromatic carbocycles. The topological polar surface area (TPSA) is 41.1 Å². The van der Waals surface area contributed by atoms with E-state index in [2.05, 4.69) is 10.6 Å². The monoisotopic (exact) mass is 326 g/mol. The first kappa shape index (κ1) is 16.8. The van der Waals surface area contributed by atoms with Gasteiger partial charge in [0, 0.05) is 12.2 Å². The molecule has 122 valence electrons. The number of hydrogen-bond donors (Lipinski definition) is 2. The average Bonchev–Trinajstić information content (AvgIpc) is 2.48. The van der Waals surface area contributed by atoms with Crippen LogP contribution in [0, 0.1) is 12.7 Å². The molecule has 0 aliphatic rings. The highest BCUT2D eigenvalue weighted by molar-refractivity contribution is 5.89. The summed E-state index contributed by atoms with van der Waals surface area (Å²) in [5.74, 6) is -0.389. The van der Waals surface area contributed by atoms with E-state index in [-0.39, 0.29) is 12.4 Å². The minimum atomic E-state index is -4.43. The molecule has 0 heterocycles. The van der Waals surface area contributed by atoms with Crippen molar-refractivity contribution < 1.29 is 22.4 Å². The summed E-state index contributed by atoms with van der Waals surface area (Å²) in [5, 5.41) is 4.94. The third-order valence-electron chi connectivity index (χ3n) is 3.12. The van der Waals surface area contributed by atoms with Crippen molar-refractivity contribution in [2.24, 2.45) is 0 Å². The molecule has 0 atom stereocenters. The van der Waals surface area contributed by atoms with E-state index in [1.165, 1.54) is 30.3 Å². The maximum atomic E-state index is 13.1. The zero-order valence-electron chi connectivity index (χ0n) is 12.2. The molecule has 0 radical (unpaired) electrons.